The first kappa shape index (κ1) is 22.6. The standard InChI is InChI=1S/C24H27FN4O4/c1-3-16-7-11-19(12-8-16)33-23-26-21-20(29(23)15-17-5-9-18(25)10-6-17)22(31)28(13-4-14-30)24(32)27(21)2/h5-12,23,26,30H,3-4,13-15H2,1-2H3. The van der Waals surface area contributed by atoms with E-state index in [4.69, 9.17) is 4.74 Å². The van der Waals surface area contributed by atoms with Crippen molar-refractivity contribution in [3.05, 3.63) is 86.3 Å². The largest absolute Gasteiger partial charge is 0.452 e. The summed E-state index contributed by atoms with van der Waals surface area (Å²) in [7, 11) is 1.58. The number of aryl methyl sites for hydroxylation is 1. The number of benzene rings is 2. The van der Waals surface area contributed by atoms with Crippen molar-refractivity contribution >= 4 is 11.5 Å². The minimum absolute atomic E-state index is 0.101. The molecule has 0 radical (unpaired) electrons. The van der Waals surface area contributed by atoms with E-state index in [-0.39, 0.29) is 37.6 Å². The Labute approximate surface area is 190 Å². The van der Waals surface area contributed by atoms with E-state index in [1.807, 2.05) is 24.3 Å². The molecule has 1 aliphatic heterocycles. The van der Waals surface area contributed by atoms with Gasteiger partial charge in [-0.05, 0) is 48.2 Å². The highest BCUT2D eigenvalue weighted by Crippen LogP contribution is 2.32. The minimum atomic E-state index is -0.760. The Morgan fingerprint density at radius 1 is 1.06 bits per heavy atom. The van der Waals surface area contributed by atoms with E-state index in [9.17, 15) is 19.1 Å². The van der Waals surface area contributed by atoms with Gasteiger partial charge in [0.25, 0.3) is 11.9 Å². The molecule has 1 unspecified atom stereocenters. The number of fused-ring (bicyclic) bond motifs is 1. The maximum absolute atomic E-state index is 13.4. The lowest BCUT2D eigenvalue weighted by molar-refractivity contribution is 0.227. The molecule has 0 amide bonds. The van der Waals surface area contributed by atoms with E-state index in [1.54, 1.807) is 24.1 Å². The molecule has 1 atom stereocenters. The maximum Gasteiger partial charge on any atom is 0.332 e. The van der Waals surface area contributed by atoms with E-state index in [2.05, 4.69) is 12.2 Å². The number of nitrogens with zero attached hydrogens (tertiary/aromatic N) is 3. The number of aromatic nitrogens is 2. The number of aliphatic hydroxyl groups excluding tert-OH is 1. The monoisotopic (exact) mass is 454 g/mol. The fraction of sp³-hybridized carbons (Fsp3) is 0.333. The lowest BCUT2D eigenvalue weighted by atomic mass is 10.2. The summed E-state index contributed by atoms with van der Waals surface area (Å²) in [5.41, 5.74) is 1.28. The molecule has 0 fully saturated rings. The lowest BCUT2D eigenvalue weighted by Crippen LogP contribution is -2.43. The number of halogens is 1. The van der Waals surface area contributed by atoms with Crippen molar-refractivity contribution < 1.29 is 14.2 Å². The number of hydrogen-bond donors (Lipinski definition) is 2. The van der Waals surface area contributed by atoms with Gasteiger partial charge in [0.15, 0.2) is 0 Å². The molecule has 33 heavy (non-hydrogen) atoms. The van der Waals surface area contributed by atoms with Crippen LogP contribution in [0.1, 0.15) is 24.5 Å². The molecular weight excluding hydrogens is 427 g/mol. The Morgan fingerprint density at radius 3 is 2.36 bits per heavy atom. The molecule has 0 spiro atoms. The molecule has 2 N–H and O–H groups in total. The van der Waals surface area contributed by atoms with Crippen LogP contribution in [-0.4, -0.2) is 27.2 Å². The highest BCUT2D eigenvalue weighted by atomic mass is 19.1. The highest BCUT2D eigenvalue weighted by Gasteiger charge is 2.36. The van der Waals surface area contributed by atoms with Gasteiger partial charge in [0.05, 0.1) is 0 Å². The first-order chi connectivity index (χ1) is 15.9. The number of hydrogen-bond acceptors (Lipinski definition) is 6. The average Bonchev–Trinajstić information content (AvgIpc) is 3.17. The zero-order valence-electron chi connectivity index (χ0n) is 18.6. The van der Waals surface area contributed by atoms with Gasteiger partial charge in [-0.1, -0.05) is 31.2 Å². The summed E-state index contributed by atoms with van der Waals surface area (Å²) < 4.78 is 22.1. The summed E-state index contributed by atoms with van der Waals surface area (Å²) in [5.74, 6) is 0.603. The van der Waals surface area contributed by atoms with Crippen molar-refractivity contribution in [1.82, 2.24) is 9.13 Å². The number of anilines is 2. The van der Waals surface area contributed by atoms with Crippen molar-refractivity contribution in [2.45, 2.75) is 39.2 Å². The van der Waals surface area contributed by atoms with Gasteiger partial charge in [0, 0.05) is 26.7 Å². The third-order valence-corrected chi connectivity index (χ3v) is 5.74. The zero-order valence-corrected chi connectivity index (χ0v) is 18.6. The molecular formula is C24H27FN4O4. The summed E-state index contributed by atoms with van der Waals surface area (Å²) in [6.07, 6.45) is 0.423. The number of aliphatic hydroxyl groups is 1. The summed E-state index contributed by atoms with van der Waals surface area (Å²) in [6.45, 7) is 2.29. The van der Waals surface area contributed by atoms with Gasteiger partial charge >= 0.3 is 5.69 Å². The Kier molecular flexibility index (Phi) is 6.50. The molecule has 0 saturated heterocycles. The molecule has 0 saturated carbocycles. The second-order valence-electron chi connectivity index (χ2n) is 7.94. The van der Waals surface area contributed by atoms with Gasteiger partial charge in [-0.25, -0.2) is 9.18 Å². The maximum atomic E-state index is 13.4. The predicted octanol–water partition coefficient (Wildman–Crippen LogP) is 2.43. The van der Waals surface area contributed by atoms with E-state index in [0.717, 1.165) is 16.6 Å². The molecule has 0 aliphatic carbocycles. The van der Waals surface area contributed by atoms with Crippen LogP contribution in [0.5, 0.6) is 5.75 Å². The second kappa shape index (κ2) is 9.50. The van der Waals surface area contributed by atoms with Crippen molar-refractivity contribution in [2.75, 3.05) is 16.8 Å². The fourth-order valence-electron chi connectivity index (χ4n) is 3.89. The van der Waals surface area contributed by atoms with E-state index < -0.39 is 17.6 Å². The van der Waals surface area contributed by atoms with Crippen LogP contribution in [0.3, 0.4) is 0 Å². The molecule has 2 heterocycles. The summed E-state index contributed by atoms with van der Waals surface area (Å²) >= 11 is 0. The van der Waals surface area contributed by atoms with Crippen LogP contribution in [0.25, 0.3) is 0 Å². The van der Waals surface area contributed by atoms with Crippen molar-refractivity contribution in [3.8, 4) is 5.75 Å². The molecule has 1 aromatic heterocycles. The molecule has 0 bridgehead atoms. The van der Waals surface area contributed by atoms with Gasteiger partial charge in [0.2, 0.25) is 0 Å². The number of ether oxygens (including phenoxy) is 1. The normalized spacial score (nSPS) is 14.8. The van der Waals surface area contributed by atoms with Crippen LogP contribution in [0, 0.1) is 5.82 Å². The molecule has 2 aromatic carbocycles. The van der Waals surface area contributed by atoms with Crippen LogP contribution < -0.4 is 26.2 Å². The predicted molar refractivity (Wildman–Crippen MR) is 124 cm³/mol. The van der Waals surface area contributed by atoms with Gasteiger partial charge in [-0.3, -0.25) is 13.9 Å². The van der Waals surface area contributed by atoms with Gasteiger partial charge in [-0.15, -0.1) is 0 Å². The van der Waals surface area contributed by atoms with Gasteiger partial charge in [-0.2, -0.15) is 0 Å². The average molecular weight is 455 g/mol. The van der Waals surface area contributed by atoms with Crippen molar-refractivity contribution in [2.24, 2.45) is 7.05 Å². The summed E-state index contributed by atoms with van der Waals surface area (Å²) in [6, 6.07) is 13.7. The van der Waals surface area contributed by atoms with E-state index >= 15 is 0 Å². The third kappa shape index (κ3) is 4.49. The van der Waals surface area contributed by atoms with Crippen LogP contribution in [-0.2, 0) is 26.6 Å². The van der Waals surface area contributed by atoms with E-state index in [1.165, 1.54) is 22.3 Å². The quantitative estimate of drug-likeness (QED) is 0.544. The van der Waals surface area contributed by atoms with Crippen LogP contribution in [0.2, 0.25) is 0 Å². The Bertz CT molecular complexity index is 1240. The first-order valence-electron chi connectivity index (χ1n) is 10.9. The number of rotatable bonds is 8. The second-order valence-corrected chi connectivity index (χ2v) is 7.94. The zero-order chi connectivity index (χ0) is 23.5. The van der Waals surface area contributed by atoms with Crippen molar-refractivity contribution in [3.63, 3.8) is 0 Å². The molecule has 9 heteroatoms. The molecule has 1 aliphatic rings. The topological polar surface area (TPSA) is 88.7 Å². The van der Waals surface area contributed by atoms with Crippen LogP contribution in [0.4, 0.5) is 15.9 Å². The van der Waals surface area contributed by atoms with Gasteiger partial charge in [0.1, 0.15) is 23.1 Å². The minimum Gasteiger partial charge on any atom is -0.452 e. The van der Waals surface area contributed by atoms with Crippen molar-refractivity contribution in [1.29, 1.82) is 0 Å². The summed E-state index contributed by atoms with van der Waals surface area (Å²) in [5, 5.41) is 12.3. The first-order valence-corrected chi connectivity index (χ1v) is 10.9. The molecule has 174 valence electrons. The fourth-order valence-corrected chi connectivity index (χ4v) is 3.89. The lowest BCUT2D eigenvalue weighted by Gasteiger charge is -2.26. The van der Waals surface area contributed by atoms with Gasteiger partial charge < -0.3 is 20.1 Å². The molecule has 8 nitrogen and oxygen atoms in total. The Morgan fingerprint density at radius 2 is 1.73 bits per heavy atom. The Balaban J connectivity index is 1.76. The third-order valence-electron chi connectivity index (χ3n) is 5.74. The highest BCUT2D eigenvalue weighted by molar-refractivity contribution is 5.71. The smallest absolute Gasteiger partial charge is 0.332 e. The molecule has 4 rings (SSSR count). The SMILES string of the molecule is CCc1ccc(OC2Nc3c(c(=O)n(CCCO)c(=O)n3C)N2Cc2ccc(F)cc2)cc1. The summed E-state index contributed by atoms with van der Waals surface area (Å²) in [4.78, 5) is 27.9. The number of nitrogens with one attached hydrogen (secondary N) is 1. The van der Waals surface area contributed by atoms with Crippen LogP contribution >= 0.6 is 0 Å². The molecule has 3 aromatic rings. The van der Waals surface area contributed by atoms with Crippen LogP contribution in [0.15, 0.2) is 58.1 Å². The Hall–Kier alpha value is -3.59. The van der Waals surface area contributed by atoms with E-state index in [0.29, 0.717) is 11.6 Å².